The number of fused-ring (bicyclic) bond motifs is 1. The van der Waals surface area contributed by atoms with Crippen LogP contribution in [0.3, 0.4) is 0 Å². The molecule has 1 aromatic rings. The van der Waals surface area contributed by atoms with Crippen LogP contribution in [0.1, 0.15) is 23.4 Å². The molecule has 0 N–H and O–H groups in total. The Hall–Kier alpha value is -0.930. The van der Waals surface area contributed by atoms with Gasteiger partial charge in [0.25, 0.3) is 0 Å². The van der Waals surface area contributed by atoms with E-state index in [1.54, 1.807) is 7.11 Å². The van der Waals surface area contributed by atoms with E-state index in [9.17, 15) is 0 Å². The minimum Gasteiger partial charge on any atom is -0.385 e. The summed E-state index contributed by atoms with van der Waals surface area (Å²) in [6.07, 6.45) is 2.99. The van der Waals surface area contributed by atoms with Crippen LogP contribution in [0.4, 0.5) is 0 Å². The Morgan fingerprint density at radius 1 is 1.47 bits per heavy atom. The Balaban J connectivity index is 2.00. The SMILES string of the molecule is COCCCc1ccc2c(n1)CCOC2. The molecule has 0 aliphatic carbocycles. The number of hydrogen-bond acceptors (Lipinski definition) is 3. The van der Waals surface area contributed by atoms with Crippen molar-refractivity contribution in [2.45, 2.75) is 25.9 Å². The molecule has 0 saturated carbocycles. The molecule has 3 nitrogen and oxygen atoms in total. The van der Waals surface area contributed by atoms with Crippen molar-refractivity contribution in [1.29, 1.82) is 0 Å². The van der Waals surface area contributed by atoms with Gasteiger partial charge in [-0.2, -0.15) is 0 Å². The van der Waals surface area contributed by atoms with E-state index in [1.807, 2.05) is 0 Å². The highest BCUT2D eigenvalue weighted by Gasteiger charge is 2.10. The Labute approximate surface area is 90.4 Å². The summed E-state index contributed by atoms with van der Waals surface area (Å²) in [5.41, 5.74) is 3.64. The average Bonchev–Trinajstić information content (AvgIpc) is 2.29. The highest BCUT2D eigenvalue weighted by molar-refractivity contribution is 5.24. The van der Waals surface area contributed by atoms with Gasteiger partial charge in [0.1, 0.15) is 0 Å². The van der Waals surface area contributed by atoms with Gasteiger partial charge in [0, 0.05) is 31.5 Å². The molecular weight excluding hydrogens is 190 g/mol. The second kappa shape index (κ2) is 5.24. The van der Waals surface area contributed by atoms with Gasteiger partial charge in [-0.15, -0.1) is 0 Å². The molecule has 0 spiro atoms. The lowest BCUT2D eigenvalue weighted by molar-refractivity contribution is 0.109. The van der Waals surface area contributed by atoms with Gasteiger partial charge in [-0.1, -0.05) is 6.07 Å². The Morgan fingerprint density at radius 2 is 2.40 bits per heavy atom. The van der Waals surface area contributed by atoms with Crippen molar-refractivity contribution in [3.8, 4) is 0 Å². The number of rotatable bonds is 4. The first-order valence-electron chi connectivity index (χ1n) is 5.44. The van der Waals surface area contributed by atoms with Crippen molar-refractivity contribution in [3.63, 3.8) is 0 Å². The maximum absolute atomic E-state index is 5.37. The molecule has 1 aliphatic heterocycles. The van der Waals surface area contributed by atoms with Gasteiger partial charge in [-0.25, -0.2) is 0 Å². The molecule has 3 heteroatoms. The molecule has 0 amide bonds. The van der Waals surface area contributed by atoms with Gasteiger partial charge >= 0.3 is 0 Å². The van der Waals surface area contributed by atoms with Crippen molar-refractivity contribution in [2.75, 3.05) is 20.3 Å². The predicted octanol–water partition coefficient (Wildman–Crippen LogP) is 1.73. The summed E-state index contributed by atoms with van der Waals surface area (Å²) in [6.45, 7) is 2.34. The maximum atomic E-state index is 5.37. The van der Waals surface area contributed by atoms with E-state index in [2.05, 4.69) is 17.1 Å². The summed E-state index contributed by atoms with van der Waals surface area (Å²) >= 11 is 0. The highest BCUT2D eigenvalue weighted by Crippen LogP contribution is 2.15. The first-order chi connectivity index (χ1) is 7.40. The van der Waals surface area contributed by atoms with Gasteiger partial charge < -0.3 is 9.47 Å². The number of pyridine rings is 1. The fraction of sp³-hybridized carbons (Fsp3) is 0.583. The molecule has 0 saturated heterocycles. The molecule has 82 valence electrons. The van der Waals surface area contributed by atoms with Crippen LogP contribution in [0.2, 0.25) is 0 Å². The minimum absolute atomic E-state index is 0.723. The highest BCUT2D eigenvalue weighted by atomic mass is 16.5. The number of aryl methyl sites for hydroxylation is 1. The summed E-state index contributed by atoms with van der Waals surface area (Å²) < 4.78 is 10.4. The van der Waals surface area contributed by atoms with Crippen LogP contribution in [0.15, 0.2) is 12.1 Å². The predicted molar refractivity (Wildman–Crippen MR) is 57.8 cm³/mol. The van der Waals surface area contributed by atoms with Crippen molar-refractivity contribution < 1.29 is 9.47 Å². The number of nitrogens with zero attached hydrogens (tertiary/aromatic N) is 1. The van der Waals surface area contributed by atoms with Crippen LogP contribution < -0.4 is 0 Å². The number of methoxy groups -OCH3 is 1. The second-order valence-electron chi connectivity index (χ2n) is 3.81. The van der Waals surface area contributed by atoms with Gasteiger partial charge in [-0.3, -0.25) is 4.98 Å². The van der Waals surface area contributed by atoms with E-state index < -0.39 is 0 Å². The first-order valence-corrected chi connectivity index (χ1v) is 5.44. The lowest BCUT2D eigenvalue weighted by Gasteiger charge is -2.16. The monoisotopic (exact) mass is 207 g/mol. The lowest BCUT2D eigenvalue weighted by Crippen LogP contribution is -2.12. The topological polar surface area (TPSA) is 31.4 Å². The van der Waals surface area contributed by atoms with Crippen LogP contribution in [0.25, 0.3) is 0 Å². The smallest absolute Gasteiger partial charge is 0.0734 e. The van der Waals surface area contributed by atoms with E-state index in [0.29, 0.717) is 0 Å². The maximum Gasteiger partial charge on any atom is 0.0734 e. The van der Waals surface area contributed by atoms with Crippen molar-refractivity contribution in [1.82, 2.24) is 4.98 Å². The molecule has 2 rings (SSSR count). The third-order valence-corrected chi connectivity index (χ3v) is 2.65. The van der Waals surface area contributed by atoms with E-state index in [-0.39, 0.29) is 0 Å². The van der Waals surface area contributed by atoms with Gasteiger partial charge in [0.2, 0.25) is 0 Å². The van der Waals surface area contributed by atoms with Gasteiger partial charge in [0.15, 0.2) is 0 Å². The molecule has 0 atom stereocenters. The summed E-state index contributed by atoms with van der Waals surface area (Å²) in [7, 11) is 1.73. The second-order valence-corrected chi connectivity index (χ2v) is 3.81. The van der Waals surface area contributed by atoms with E-state index in [1.165, 1.54) is 17.0 Å². The third-order valence-electron chi connectivity index (χ3n) is 2.65. The van der Waals surface area contributed by atoms with Crippen LogP contribution in [-0.2, 0) is 28.9 Å². The Bertz CT molecular complexity index is 325. The third kappa shape index (κ3) is 2.76. The molecule has 1 aliphatic rings. The summed E-state index contributed by atoms with van der Waals surface area (Å²) in [5.74, 6) is 0. The largest absolute Gasteiger partial charge is 0.385 e. The summed E-state index contributed by atoms with van der Waals surface area (Å²) in [5, 5.41) is 0. The normalized spacial score (nSPS) is 15.0. The zero-order chi connectivity index (χ0) is 10.5. The number of ether oxygens (including phenoxy) is 2. The molecule has 0 radical (unpaired) electrons. The molecule has 1 aromatic heterocycles. The first kappa shape index (κ1) is 10.6. The van der Waals surface area contributed by atoms with Crippen LogP contribution >= 0.6 is 0 Å². The van der Waals surface area contributed by atoms with Crippen molar-refractivity contribution in [3.05, 3.63) is 29.1 Å². The van der Waals surface area contributed by atoms with E-state index in [4.69, 9.17) is 9.47 Å². The van der Waals surface area contributed by atoms with E-state index >= 15 is 0 Å². The zero-order valence-corrected chi connectivity index (χ0v) is 9.16. The van der Waals surface area contributed by atoms with E-state index in [0.717, 1.165) is 39.1 Å². The van der Waals surface area contributed by atoms with Crippen LogP contribution in [0, 0.1) is 0 Å². The van der Waals surface area contributed by atoms with Crippen molar-refractivity contribution >= 4 is 0 Å². The molecule has 0 fully saturated rings. The fourth-order valence-electron chi connectivity index (χ4n) is 1.81. The quantitative estimate of drug-likeness (QED) is 0.705. The Kier molecular flexibility index (Phi) is 3.69. The molecule has 0 bridgehead atoms. The summed E-state index contributed by atoms with van der Waals surface area (Å²) in [6, 6.07) is 4.24. The minimum atomic E-state index is 0.723. The van der Waals surface area contributed by atoms with Crippen LogP contribution in [0.5, 0.6) is 0 Å². The zero-order valence-electron chi connectivity index (χ0n) is 9.16. The Morgan fingerprint density at radius 3 is 3.27 bits per heavy atom. The molecular formula is C12H17NO2. The number of hydrogen-bond donors (Lipinski definition) is 0. The summed E-state index contributed by atoms with van der Waals surface area (Å²) in [4.78, 5) is 4.65. The van der Waals surface area contributed by atoms with Gasteiger partial charge in [-0.05, 0) is 24.5 Å². The van der Waals surface area contributed by atoms with Gasteiger partial charge in [0.05, 0.1) is 13.2 Å². The molecule has 0 unspecified atom stereocenters. The molecule has 15 heavy (non-hydrogen) atoms. The lowest BCUT2D eigenvalue weighted by atomic mass is 10.1. The standard InChI is InChI=1S/C12H17NO2/c1-14-7-2-3-11-5-4-10-9-15-8-6-12(10)13-11/h4-5H,2-3,6-9H2,1H3. The average molecular weight is 207 g/mol. The molecule has 2 heterocycles. The van der Waals surface area contributed by atoms with Crippen molar-refractivity contribution in [2.24, 2.45) is 0 Å². The van der Waals surface area contributed by atoms with Crippen LogP contribution in [-0.4, -0.2) is 25.3 Å². The molecule has 0 aromatic carbocycles. The fourth-order valence-corrected chi connectivity index (χ4v) is 1.81. The number of aromatic nitrogens is 1.